The van der Waals surface area contributed by atoms with Crippen LogP contribution in [0.1, 0.15) is 6.92 Å². The lowest BCUT2D eigenvalue weighted by Gasteiger charge is -2.27. The number of rotatable bonds is 4. The number of morpholine rings is 1. The highest BCUT2D eigenvalue weighted by atomic mass is 19.1. The van der Waals surface area contributed by atoms with Crippen molar-refractivity contribution >= 4 is 11.6 Å². The molecule has 1 fully saturated rings. The molecule has 1 aromatic rings. The number of halogens is 2. The van der Waals surface area contributed by atoms with E-state index < -0.39 is 11.6 Å². The molecule has 0 bridgehead atoms. The second-order valence-corrected chi connectivity index (χ2v) is 3.89. The number of hydrazine groups is 1. The molecule has 2 rings (SSSR count). The summed E-state index contributed by atoms with van der Waals surface area (Å²) in [5, 5.41) is 4.54. The van der Waals surface area contributed by atoms with Gasteiger partial charge < -0.3 is 15.5 Å². The fourth-order valence-corrected chi connectivity index (χ4v) is 1.66. The fourth-order valence-electron chi connectivity index (χ4n) is 1.66. The summed E-state index contributed by atoms with van der Waals surface area (Å²) in [5.41, 5.74) is 2.84. The zero-order valence-electron chi connectivity index (χ0n) is 10.2. The highest BCUT2D eigenvalue weighted by Gasteiger charge is 2.15. The van der Waals surface area contributed by atoms with Crippen molar-refractivity contribution in [1.29, 1.82) is 0 Å². The maximum absolute atomic E-state index is 13.6. The molecule has 0 unspecified atom stereocenters. The predicted octanol–water partition coefficient (Wildman–Crippen LogP) is 1.45. The smallest absolute Gasteiger partial charge is 0.179 e. The molecule has 5 nitrogen and oxygen atoms in total. The maximum Gasteiger partial charge on any atom is 0.179 e. The van der Waals surface area contributed by atoms with Gasteiger partial charge in [0.1, 0.15) is 0 Å². The third-order valence-corrected chi connectivity index (χ3v) is 2.55. The Morgan fingerprint density at radius 3 is 2.61 bits per heavy atom. The van der Waals surface area contributed by atoms with Crippen molar-refractivity contribution in [3.8, 4) is 0 Å². The largest absolute Gasteiger partial charge is 0.379 e. The van der Waals surface area contributed by atoms with Crippen molar-refractivity contribution in [1.82, 2.24) is 9.99 Å². The van der Waals surface area contributed by atoms with Gasteiger partial charge in [-0.15, -0.1) is 0 Å². The van der Waals surface area contributed by atoms with Crippen molar-refractivity contribution in [2.75, 3.05) is 43.6 Å². The van der Waals surface area contributed by atoms with E-state index in [1.54, 1.807) is 5.01 Å². The molecule has 0 saturated carbocycles. The van der Waals surface area contributed by atoms with Crippen LogP contribution in [0, 0.1) is 11.6 Å². The minimum Gasteiger partial charge on any atom is -0.379 e. The number of pyridine rings is 1. The molecule has 1 aliphatic rings. The standard InChI is InChI=1S/C11H16F2N4O/c1-2-14-10-8(12)7-9(13)11(15-10)16-17-3-5-18-6-4-17/h7H,2-6H2,1H3,(H2,14,15,16). The van der Waals surface area contributed by atoms with Gasteiger partial charge >= 0.3 is 0 Å². The zero-order chi connectivity index (χ0) is 13.0. The predicted molar refractivity (Wildman–Crippen MR) is 64.3 cm³/mol. The van der Waals surface area contributed by atoms with Crippen LogP contribution in [-0.2, 0) is 4.74 Å². The summed E-state index contributed by atoms with van der Waals surface area (Å²) in [6.45, 7) is 4.77. The third kappa shape index (κ3) is 3.05. The minimum absolute atomic E-state index is 0.0225. The average Bonchev–Trinajstić information content (AvgIpc) is 2.37. The van der Waals surface area contributed by atoms with E-state index in [2.05, 4.69) is 15.7 Å². The summed E-state index contributed by atoms with van der Waals surface area (Å²) in [7, 11) is 0. The maximum atomic E-state index is 13.6. The monoisotopic (exact) mass is 258 g/mol. The number of hydrogen-bond donors (Lipinski definition) is 2. The van der Waals surface area contributed by atoms with Crippen LogP contribution in [0.5, 0.6) is 0 Å². The van der Waals surface area contributed by atoms with Crippen molar-refractivity contribution in [3.63, 3.8) is 0 Å². The summed E-state index contributed by atoms with van der Waals surface area (Å²) in [6.07, 6.45) is 0. The van der Waals surface area contributed by atoms with Gasteiger partial charge in [0.05, 0.1) is 13.2 Å². The Kier molecular flexibility index (Phi) is 4.27. The molecule has 0 aromatic carbocycles. The van der Waals surface area contributed by atoms with Crippen LogP contribution >= 0.6 is 0 Å². The number of nitrogens with zero attached hydrogens (tertiary/aromatic N) is 2. The Labute approximate surface area is 104 Å². The van der Waals surface area contributed by atoms with Crippen molar-refractivity contribution < 1.29 is 13.5 Å². The first-order valence-electron chi connectivity index (χ1n) is 5.90. The number of hydrogen-bond acceptors (Lipinski definition) is 5. The molecule has 0 aliphatic carbocycles. The van der Waals surface area contributed by atoms with Gasteiger partial charge in [-0.1, -0.05) is 0 Å². The van der Waals surface area contributed by atoms with E-state index in [9.17, 15) is 8.78 Å². The molecule has 1 saturated heterocycles. The van der Waals surface area contributed by atoms with Crippen LogP contribution in [0.2, 0.25) is 0 Å². The van der Waals surface area contributed by atoms with Crippen LogP contribution in [0.3, 0.4) is 0 Å². The van der Waals surface area contributed by atoms with E-state index in [1.807, 2.05) is 6.92 Å². The first-order chi connectivity index (χ1) is 8.70. The Morgan fingerprint density at radius 1 is 1.28 bits per heavy atom. The minimum atomic E-state index is -0.708. The highest BCUT2D eigenvalue weighted by Crippen LogP contribution is 2.19. The van der Waals surface area contributed by atoms with E-state index in [1.165, 1.54) is 0 Å². The molecule has 100 valence electrons. The van der Waals surface area contributed by atoms with Crippen molar-refractivity contribution in [2.24, 2.45) is 0 Å². The van der Waals surface area contributed by atoms with E-state index in [-0.39, 0.29) is 11.6 Å². The lowest BCUT2D eigenvalue weighted by molar-refractivity contribution is 0.0493. The summed E-state index contributed by atoms with van der Waals surface area (Å²) in [4.78, 5) is 3.90. The Morgan fingerprint density at radius 2 is 1.94 bits per heavy atom. The van der Waals surface area contributed by atoms with Crippen LogP contribution < -0.4 is 10.7 Å². The van der Waals surface area contributed by atoms with Crippen LogP contribution in [0.15, 0.2) is 6.07 Å². The quantitative estimate of drug-likeness (QED) is 0.856. The normalized spacial score (nSPS) is 16.6. The number of nitrogens with one attached hydrogen (secondary N) is 2. The molecular formula is C11H16F2N4O. The topological polar surface area (TPSA) is 49.4 Å². The summed E-state index contributed by atoms with van der Waals surface area (Å²) >= 11 is 0. The molecule has 0 atom stereocenters. The molecule has 0 radical (unpaired) electrons. The molecule has 7 heteroatoms. The first kappa shape index (κ1) is 13.0. The van der Waals surface area contributed by atoms with Crippen LogP contribution in [0.25, 0.3) is 0 Å². The number of ether oxygens (including phenoxy) is 1. The van der Waals surface area contributed by atoms with E-state index >= 15 is 0 Å². The molecule has 0 amide bonds. The van der Waals surface area contributed by atoms with E-state index in [0.29, 0.717) is 32.8 Å². The molecule has 0 spiro atoms. The number of anilines is 2. The summed E-state index contributed by atoms with van der Waals surface area (Å²) in [5.74, 6) is -1.33. The van der Waals surface area contributed by atoms with E-state index in [4.69, 9.17) is 4.74 Å². The summed E-state index contributed by atoms with van der Waals surface area (Å²) in [6, 6.07) is 0.827. The molecule has 1 aliphatic heterocycles. The Balaban J connectivity index is 2.12. The fraction of sp³-hybridized carbons (Fsp3) is 0.545. The van der Waals surface area contributed by atoms with Gasteiger partial charge in [-0.2, -0.15) is 0 Å². The third-order valence-electron chi connectivity index (χ3n) is 2.55. The van der Waals surface area contributed by atoms with Gasteiger partial charge in [0.15, 0.2) is 23.3 Å². The van der Waals surface area contributed by atoms with Gasteiger partial charge in [-0.25, -0.2) is 18.8 Å². The molecule has 2 heterocycles. The molecule has 18 heavy (non-hydrogen) atoms. The van der Waals surface area contributed by atoms with Crippen LogP contribution in [0.4, 0.5) is 20.4 Å². The highest BCUT2D eigenvalue weighted by molar-refractivity contribution is 5.47. The second kappa shape index (κ2) is 5.92. The zero-order valence-corrected chi connectivity index (χ0v) is 10.2. The average molecular weight is 258 g/mol. The molecule has 2 N–H and O–H groups in total. The van der Waals surface area contributed by atoms with E-state index in [0.717, 1.165) is 6.07 Å². The van der Waals surface area contributed by atoms with Crippen molar-refractivity contribution in [3.05, 3.63) is 17.7 Å². The summed E-state index contributed by atoms with van der Waals surface area (Å²) < 4.78 is 32.1. The Bertz CT molecular complexity index is 410. The Hall–Kier alpha value is -1.47. The molecular weight excluding hydrogens is 242 g/mol. The van der Waals surface area contributed by atoms with Gasteiger partial charge in [0, 0.05) is 25.7 Å². The molecule has 1 aromatic heterocycles. The number of aromatic nitrogens is 1. The van der Waals surface area contributed by atoms with Crippen molar-refractivity contribution in [2.45, 2.75) is 6.92 Å². The van der Waals surface area contributed by atoms with Gasteiger partial charge in [0.25, 0.3) is 0 Å². The van der Waals surface area contributed by atoms with Crippen LogP contribution in [-0.4, -0.2) is 42.8 Å². The van der Waals surface area contributed by atoms with Gasteiger partial charge in [0.2, 0.25) is 0 Å². The van der Waals surface area contributed by atoms with Gasteiger partial charge in [-0.05, 0) is 6.92 Å². The first-order valence-corrected chi connectivity index (χ1v) is 5.90. The lowest BCUT2D eigenvalue weighted by atomic mass is 10.4. The lowest BCUT2D eigenvalue weighted by Crippen LogP contribution is -2.40. The second-order valence-electron chi connectivity index (χ2n) is 3.89. The SMILES string of the molecule is CCNc1nc(NN2CCOCC2)c(F)cc1F. The van der Waals surface area contributed by atoms with Gasteiger partial charge in [-0.3, -0.25) is 0 Å².